The Balaban J connectivity index is 3.90. The predicted octanol–water partition coefficient (Wildman–Crippen LogP) is 12.2. The van der Waals surface area contributed by atoms with Crippen LogP contribution in [-0.2, 0) is 28.2 Å². The zero-order valence-electron chi connectivity index (χ0n) is 31.9. The number of rotatable bonds is 38. The maximum Gasteiger partial charge on any atom is 0.469 e. The summed E-state index contributed by atoms with van der Waals surface area (Å²) in [6.45, 7) is 3.69. The summed E-state index contributed by atoms with van der Waals surface area (Å²) in [5.74, 6) is -0.880. The van der Waals surface area contributed by atoms with Crippen molar-refractivity contribution in [2.45, 2.75) is 219 Å². The molecule has 0 rings (SSSR count). The number of phosphoric ester groups is 1. The van der Waals surface area contributed by atoms with Gasteiger partial charge in [-0.25, -0.2) is 4.57 Å². The molecule has 0 spiro atoms. The van der Waals surface area contributed by atoms with Gasteiger partial charge < -0.3 is 19.3 Å². The zero-order valence-corrected chi connectivity index (χ0v) is 32.8. The Morgan fingerprint density at radius 2 is 0.857 bits per heavy atom. The fraction of sp³-hybridized carbons (Fsp3) is 0.900. The molecule has 0 radical (unpaired) electrons. The van der Waals surface area contributed by atoms with Gasteiger partial charge in [0.25, 0.3) is 0 Å². The summed E-state index contributed by atoms with van der Waals surface area (Å²) in [6.07, 6.45) is 39.3. The van der Waals surface area contributed by atoms with E-state index in [4.69, 9.17) is 19.3 Å². The molecule has 0 aromatic carbocycles. The van der Waals surface area contributed by atoms with Crippen molar-refractivity contribution in [3.8, 4) is 0 Å². The normalized spacial score (nSPS) is 12.5. The lowest BCUT2D eigenvalue weighted by Crippen LogP contribution is -2.29. The van der Waals surface area contributed by atoms with Crippen molar-refractivity contribution in [3.05, 3.63) is 12.2 Å². The van der Waals surface area contributed by atoms with Crippen molar-refractivity contribution < 1.29 is 37.9 Å². The average molecular weight is 717 g/mol. The zero-order chi connectivity index (χ0) is 36.1. The van der Waals surface area contributed by atoms with Crippen LogP contribution in [0.15, 0.2) is 12.2 Å². The highest BCUT2D eigenvalue weighted by atomic mass is 31.2. The molecule has 0 amide bonds. The molecule has 1 atom stereocenters. The minimum Gasteiger partial charge on any atom is -0.462 e. The lowest BCUT2D eigenvalue weighted by Gasteiger charge is -2.18. The van der Waals surface area contributed by atoms with Gasteiger partial charge in [0, 0.05) is 12.8 Å². The molecule has 0 saturated carbocycles. The topological polar surface area (TPSA) is 119 Å². The molecule has 8 nitrogen and oxygen atoms in total. The number of carbonyl (C=O) groups is 2. The van der Waals surface area contributed by atoms with Gasteiger partial charge in [-0.05, 0) is 38.5 Å². The number of phosphoric acid groups is 1. The van der Waals surface area contributed by atoms with E-state index in [-0.39, 0.29) is 19.4 Å². The van der Waals surface area contributed by atoms with Gasteiger partial charge in [0.1, 0.15) is 6.61 Å². The van der Waals surface area contributed by atoms with Gasteiger partial charge in [0.05, 0.1) is 6.61 Å². The Labute approximate surface area is 301 Å². The first-order valence-electron chi connectivity index (χ1n) is 20.5. The average Bonchev–Trinajstić information content (AvgIpc) is 3.07. The summed E-state index contributed by atoms with van der Waals surface area (Å²) < 4.78 is 26.4. The van der Waals surface area contributed by atoms with Crippen molar-refractivity contribution in [1.82, 2.24) is 0 Å². The Morgan fingerprint density at radius 1 is 0.510 bits per heavy atom. The van der Waals surface area contributed by atoms with Crippen LogP contribution in [0.1, 0.15) is 213 Å². The van der Waals surface area contributed by atoms with Crippen molar-refractivity contribution in [3.63, 3.8) is 0 Å². The van der Waals surface area contributed by atoms with Crippen molar-refractivity contribution in [2.24, 2.45) is 0 Å². The number of ether oxygens (including phenoxy) is 2. The van der Waals surface area contributed by atoms with Gasteiger partial charge in [-0.3, -0.25) is 14.1 Å². The molecule has 1 unspecified atom stereocenters. The molecule has 0 aliphatic rings. The fourth-order valence-corrected chi connectivity index (χ4v) is 6.32. The van der Waals surface area contributed by atoms with E-state index >= 15 is 0 Å². The second-order valence-electron chi connectivity index (χ2n) is 14.0. The monoisotopic (exact) mass is 717 g/mol. The summed E-state index contributed by atoms with van der Waals surface area (Å²) >= 11 is 0. The Hall–Kier alpha value is -1.21. The van der Waals surface area contributed by atoms with Crippen LogP contribution in [0.2, 0.25) is 0 Å². The first-order valence-corrected chi connectivity index (χ1v) is 22.0. The minimum atomic E-state index is -4.75. The van der Waals surface area contributed by atoms with Crippen LogP contribution in [0.5, 0.6) is 0 Å². The summed E-state index contributed by atoms with van der Waals surface area (Å²) in [4.78, 5) is 42.8. The van der Waals surface area contributed by atoms with Crippen LogP contribution in [0.25, 0.3) is 0 Å². The molecule has 0 saturated heterocycles. The molecule has 0 aromatic heterocycles. The Morgan fingerprint density at radius 3 is 1.24 bits per heavy atom. The van der Waals surface area contributed by atoms with E-state index in [1.165, 1.54) is 135 Å². The molecule has 0 aliphatic heterocycles. The largest absolute Gasteiger partial charge is 0.469 e. The van der Waals surface area contributed by atoms with Crippen LogP contribution >= 0.6 is 7.82 Å². The summed E-state index contributed by atoms with van der Waals surface area (Å²) in [5.41, 5.74) is 0. The number of esters is 2. The summed E-state index contributed by atoms with van der Waals surface area (Å²) in [7, 11) is -4.75. The highest BCUT2D eigenvalue weighted by molar-refractivity contribution is 7.46. The molecular formula is C40H77O8P. The second-order valence-corrected chi connectivity index (χ2v) is 15.2. The second kappa shape index (κ2) is 36.6. The highest BCUT2D eigenvalue weighted by Crippen LogP contribution is 2.36. The standard InChI is InChI=1S/C40H77O8P/c1-3-5-7-9-11-13-15-17-18-19-20-21-23-25-27-29-31-33-35-40(42)48-38(37-47-49(43,44)45)36-46-39(41)34-32-30-28-26-24-22-16-14-12-10-8-6-4-2/h18-19,38H,3-17,20-37H2,1-2H3,(H2,43,44,45)/b19-18-. The molecule has 49 heavy (non-hydrogen) atoms. The van der Waals surface area contributed by atoms with E-state index in [1.54, 1.807) is 0 Å². The quantitative estimate of drug-likeness (QED) is 0.0280. The van der Waals surface area contributed by atoms with E-state index in [2.05, 4.69) is 30.5 Å². The molecule has 2 N–H and O–H groups in total. The molecule has 0 fully saturated rings. The summed E-state index contributed by atoms with van der Waals surface area (Å²) in [5, 5.41) is 0. The van der Waals surface area contributed by atoms with E-state index in [0.717, 1.165) is 44.9 Å². The van der Waals surface area contributed by atoms with Gasteiger partial charge in [-0.15, -0.1) is 0 Å². The SMILES string of the molecule is CCCCCCCCC/C=C\CCCCCCCCCC(=O)OC(COC(=O)CCCCCCCCCCCCCCC)COP(=O)(O)O. The number of unbranched alkanes of at least 4 members (excludes halogenated alkanes) is 26. The van der Waals surface area contributed by atoms with Gasteiger partial charge in [0.15, 0.2) is 6.10 Å². The fourth-order valence-electron chi connectivity index (χ4n) is 5.96. The highest BCUT2D eigenvalue weighted by Gasteiger charge is 2.22. The number of carbonyl (C=O) groups excluding carboxylic acids is 2. The number of hydrogen-bond donors (Lipinski definition) is 2. The minimum absolute atomic E-state index is 0.211. The molecule has 290 valence electrons. The van der Waals surface area contributed by atoms with Crippen LogP contribution in [0, 0.1) is 0 Å². The molecular weight excluding hydrogens is 639 g/mol. The first-order chi connectivity index (χ1) is 23.8. The molecule has 0 aromatic rings. The number of allylic oxidation sites excluding steroid dienone is 2. The van der Waals surface area contributed by atoms with Gasteiger partial charge >= 0.3 is 19.8 Å². The Kier molecular flexibility index (Phi) is 35.7. The van der Waals surface area contributed by atoms with Gasteiger partial charge in [-0.2, -0.15) is 0 Å². The lowest BCUT2D eigenvalue weighted by molar-refractivity contribution is -0.161. The molecule has 9 heteroatoms. The van der Waals surface area contributed by atoms with Crippen molar-refractivity contribution in [1.29, 1.82) is 0 Å². The maximum atomic E-state index is 12.4. The van der Waals surface area contributed by atoms with Gasteiger partial charge in [-0.1, -0.05) is 174 Å². The lowest BCUT2D eigenvalue weighted by atomic mass is 10.0. The van der Waals surface area contributed by atoms with Crippen LogP contribution < -0.4 is 0 Å². The molecule has 0 bridgehead atoms. The van der Waals surface area contributed by atoms with E-state index < -0.39 is 32.5 Å². The van der Waals surface area contributed by atoms with Crippen LogP contribution in [0.4, 0.5) is 0 Å². The third-order valence-corrected chi connectivity index (χ3v) is 9.52. The van der Waals surface area contributed by atoms with E-state index in [0.29, 0.717) is 6.42 Å². The molecule has 0 heterocycles. The maximum absolute atomic E-state index is 12.4. The third kappa shape index (κ3) is 39.4. The Bertz CT molecular complexity index is 812. The smallest absolute Gasteiger partial charge is 0.462 e. The van der Waals surface area contributed by atoms with Crippen molar-refractivity contribution >= 4 is 19.8 Å². The van der Waals surface area contributed by atoms with E-state index in [9.17, 15) is 14.2 Å². The molecule has 0 aliphatic carbocycles. The van der Waals surface area contributed by atoms with E-state index in [1.807, 2.05) is 0 Å². The van der Waals surface area contributed by atoms with Crippen LogP contribution in [0.3, 0.4) is 0 Å². The predicted molar refractivity (Wildman–Crippen MR) is 202 cm³/mol. The van der Waals surface area contributed by atoms with Crippen molar-refractivity contribution in [2.75, 3.05) is 13.2 Å². The summed E-state index contributed by atoms with van der Waals surface area (Å²) in [6, 6.07) is 0. The van der Waals surface area contributed by atoms with Crippen LogP contribution in [-0.4, -0.2) is 41.0 Å². The van der Waals surface area contributed by atoms with Gasteiger partial charge in [0.2, 0.25) is 0 Å². The third-order valence-electron chi connectivity index (χ3n) is 9.03. The first kappa shape index (κ1) is 47.8. The number of hydrogen-bond acceptors (Lipinski definition) is 6.